The predicted molar refractivity (Wildman–Crippen MR) is 227 cm³/mol. The number of benzene rings is 4. The van der Waals surface area contributed by atoms with E-state index in [0.29, 0.717) is 47.2 Å². The van der Waals surface area contributed by atoms with Crippen molar-refractivity contribution in [3.63, 3.8) is 0 Å². The minimum Gasteiger partial charge on any atom is -0.494 e. The fourth-order valence-corrected chi connectivity index (χ4v) is 7.41. The lowest BCUT2D eigenvalue weighted by molar-refractivity contribution is -0.217. The maximum atomic E-state index is 13.0. The molecule has 2 saturated heterocycles. The number of hydrogen-bond donors (Lipinski definition) is 1. The first-order valence-electron chi connectivity index (χ1n) is 21.5. The van der Waals surface area contributed by atoms with Gasteiger partial charge in [-0.2, -0.15) is 4.89 Å². The van der Waals surface area contributed by atoms with E-state index in [4.69, 9.17) is 42.9 Å². The summed E-state index contributed by atoms with van der Waals surface area (Å²) in [4.78, 5) is 24.2. The Morgan fingerprint density at radius 3 is 1.58 bits per heavy atom. The summed E-state index contributed by atoms with van der Waals surface area (Å²) in [5.74, 6) is 1.86. The Kier molecular flexibility index (Phi) is 15.5. The van der Waals surface area contributed by atoms with Crippen LogP contribution in [0.2, 0.25) is 0 Å². The number of ether oxygens (including phenoxy) is 7. The highest BCUT2D eigenvalue weighted by atomic mass is 17.2. The van der Waals surface area contributed by atoms with Crippen LogP contribution in [0.4, 0.5) is 0 Å². The lowest BCUT2D eigenvalue weighted by Crippen LogP contribution is -2.43. The molecular weight excluding hydrogens is 765 g/mol. The van der Waals surface area contributed by atoms with Crippen molar-refractivity contribution in [2.45, 2.75) is 77.9 Å². The predicted octanol–water partition coefficient (Wildman–Crippen LogP) is 9.46. The Morgan fingerprint density at radius 2 is 1.07 bits per heavy atom. The van der Waals surface area contributed by atoms with Crippen molar-refractivity contribution in [1.82, 2.24) is 0 Å². The molecule has 0 amide bonds. The number of aliphatic hydroxyl groups excluding tert-OH is 1. The number of rotatable bonds is 26. The van der Waals surface area contributed by atoms with Gasteiger partial charge in [0.2, 0.25) is 0 Å². The summed E-state index contributed by atoms with van der Waals surface area (Å²) in [6.07, 6.45) is 7.55. The minimum atomic E-state index is -0.916. The van der Waals surface area contributed by atoms with E-state index in [2.05, 4.69) is 13.8 Å². The molecule has 1 atom stereocenters. The second kappa shape index (κ2) is 21.3. The van der Waals surface area contributed by atoms with Crippen molar-refractivity contribution < 1.29 is 52.8 Å². The number of carbonyl (C=O) groups excluding carboxylic acids is 1. The highest BCUT2D eigenvalue weighted by molar-refractivity contribution is 5.91. The van der Waals surface area contributed by atoms with Crippen LogP contribution >= 0.6 is 0 Å². The number of hydrogen-bond acceptors (Lipinski definition) is 11. The molecule has 0 spiro atoms. The van der Waals surface area contributed by atoms with Gasteiger partial charge in [-0.05, 0) is 127 Å². The quantitative estimate of drug-likeness (QED) is 0.0214. The molecule has 322 valence electrons. The number of aliphatic hydroxyl groups is 1. The van der Waals surface area contributed by atoms with Crippen molar-refractivity contribution in [3.8, 4) is 34.1 Å². The second-order valence-corrected chi connectivity index (χ2v) is 17.0. The van der Waals surface area contributed by atoms with Crippen LogP contribution in [0, 0.1) is 10.8 Å². The minimum absolute atomic E-state index is 0.201. The van der Waals surface area contributed by atoms with E-state index >= 15 is 0 Å². The number of fused-ring (bicyclic) bond motifs is 3. The first kappa shape index (κ1) is 43.6. The maximum Gasteiger partial charge on any atom is 0.343 e. The Morgan fingerprint density at radius 1 is 0.600 bits per heavy atom. The molecule has 2 aliphatic heterocycles. The monoisotopic (exact) mass is 824 g/mol. The fourth-order valence-electron chi connectivity index (χ4n) is 7.41. The maximum absolute atomic E-state index is 13.0. The molecule has 4 aromatic carbocycles. The lowest BCUT2D eigenvalue weighted by atomic mass is 9.90. The van der Waals surface area contributed by atoms with Gasteiger partial charge in [-0.15, -0.1) is 0 Å². The Balaban J connectivity index is 0.769. The summed E-state index contributed by atoms with van der Waals surface area (Å²) in [5.41, 5.74) is 4.85. The van der Waals surface area contributed by atoms with Crippen LogP contribution in [0.15, 0.2) is 84.9 Å². The third-order valence-electron chi connectivity index (χ3n) is 11.1. The van der Waals surface area contributed by atoms with Gasteiger partial charge in [-0.25, -0.2) is 4.79 Å². The molecule has 0 radical (unpaired) electrons. The van der Waals surface area contributed by atoms with Gasteiger partial charge >= 0.3 is 5.97 Å². The highest BCUT2D eigenvalue weighted by Gasteiger charge is 2.34. The van der Waals surface area contributed by atoms with Gasteiger partial charge < -0.3 is 43.2 Å². The first-order chi connectivity index (χ1) is 29.3. The van der Waals surface area contributed by atoms with E-state index in [9.17, 15) is 9.90 Å². The summed E-state index contributed by atoms with van der Waals surface area (Å²) in [6.45, 7) is 12.3. The van der Waals surface area contributed by atoms with Crippen molar-refractivity contribution in [2.24, 2.45) is 10.8 Å². The fraction of sp³-hybridized carbons (Fsp3) is 0.490. The zero-order valence-electron chi connectivity index (χ0n) is 35.1. The van der Waals surface area contributed by atoms with E-state index in [1.165, 1.54) is 0 Å². The molecule has 1 N–H and O–H groups in total. The molecule has 1 aliphatic carbocycles. The van der Waals surface area contributed by atoms with Gasteiger partial charge in [-0.3, -0.25) is 0 Å². The van der Waals surface area contributed by atoms with Crippen LogP contribution in [0.25, 0.3) is 11.1 Å². The number of unbranched alkanes of at least 4 members (excludes halogenated alkanes) is 6. The summed E-state index contributed by atoms with van der Waals surface area (Å²) >= 11 is 0. The summed E-state index contributed by atoms with van der Waals surface area (Å²) < 4.78 is 39.7. The molecule has 2 heterocycles. The zero-order valence-corrected chi connectivity index (χ0v) is 35.1. The highest BCUT2D eigenvalue weighted by Crippen LogP contribution is 2.46. The van der Waals surface area contributed by atoms with Crippen LogP contribution in [-0.2, 0) is 30.4 Å². The van der Waals surface area contributed by atoms with Crippen LogP contribution in [-0.4, -0.2) is 77.1 Å². The molecule has 11 heteroatoms. The van der Waals surface area contributed by atoms with Crippen molar-refractivity contribution in [2.75, 3.05) is 66.1 Å². The molecule has 4 aromatic rings. The van der Waals surface area contributed by atoms with Gasteiger partial charge in [0, 0.05) is 24.0 Å². The summed E-state index contributed by atoms with van der Waals surface area (Å²) in [7, 11) is 0. The molecule has 3 aliphatic rings. The smallest absolute Gasteiger partial charge is 0.343 e. The van der Waals surface area contributed by atoms with Crippen LogP contribution < -0.4 is 19.1 Å². The largest absolute Gasteiger partial charge is 0.494 e. The molecule has 0 aromatic heterocycles. The molecule has 1 unspecified atom stereocenters. The van der Waals surface area contributed by atoms with Crippen LogP contribution in [0.1, 0.15) is 98.4 Å². The van der Waals surface area contributed by atoms with Gasteiger partial charge in [0.1, 0.15) is 30.0 Å². The Hall–Kier alpha value is -4.49. The zero-order chi connectivity index (χ0) is 41.6. The van der Waals surface area contributed by atoms with Gasteiger partial charge in [0.25, 0.3) is 0 Å². The third-order valence-corrected chi connectivity index (χ3v) is 11.1. The lowest BCUT2D eigenvalue weighted by Gasteiger charge is -2.37. The number of esters is 1. The van der Waals surface area contributed by atoms with Gasteiger partial charge in [-0.1, -0.05) is 51.0 Å². The normalized spacial score (nSPS) is 16.9. The van der Waals surface area contributed by atoms with E-state index in [1.807, 2.05) is 42.5 Å². The van der Waals surface area contributed by atoms with Crippen molar-refractivity contribution in [3.05, 3.63) is 107 Å². The SMILES string of the molecule is CC1(COCCCCCCOc2ccc(COOc3ccc4c(c3)C(O)c3cc(OC(=O)c5ccc(OCCCCCCOCC6(C)COC6)cc5)ccc3-4)cc2)COC1. The molecule has 2 fully saturated rings. The van der Waals surface area contributed by atoms with Gasteiger partial charge in [0.15, 0.2) is 5.75 Å². The van der Waals surface area contributed by atoms with E-state index < -0.39 is 12.1 Å². The second-order valence-electron chi connectivity index (χ2n) is 17.0. The van der Waals surface area contributed by atoms with E-state index in [-0.39, 0.29) is 17.4 Å². The molecule has 60 heavy (non-hydrogen) atoms. The molecule has 0 saturated carbocycles. The molecule has 11 nitrogen and oxygen atoms in total. The average Bonchev–Trinajstić information content (AvgIpc) is 3.51. The average molecular weight is 825 g/mol. The standard InChI is InChI=1S/C49H60O11/c1-48(32-54-33-48)30-52-23-7-3-5-9-25-56-38-15-11-36(12-16-38)29-58-60-41-20-22-43-42-21-19-40(27-44(42)46(50)45(43)28-41)59-47(51)37-13-17-39(18-14-37)57-26-10-6-4-8-24-53-31-49(2)34-55-35-49/h11-22,27-28,46,50H,3-10,23-26,29-35H2,1-2H3. The van der Waals surface area contributed by atoms with E-state index in [0.717, 1.165) is 127 Å². The summed E-state index contributed by atoms with van der Waals surface area (Å²) in [6, 6.07) is 25.5. The topological polar surface area (TPSA) is 120 Å². The number of carbonyl (C=O) groups is 1. The Bertz CT molecular complexity index is 1950. The first-order valence-corrected chi connectivity index (χ1v) is 21.5. The molecule has 0 bridgehead atoms. The van der Waals surface area contributed by atoms with Crippen molar-refractivity contribution in [1.29, 1.82) is 0 Å². The molecular formula is C49H60O11. The summed E-state index contributed by atoms with van der Waals surface area (Å²) in [5, 5.41) is 11.3. The molecule has 7 rings (SSSR count). The van der Waals surface area contributed by atoms with E-state index in [1.54, 1.807) is 42.5 Å². The van der Waals surface area contributed by atoms with Crippen LogP contribution in [0.5, 0.6) is 23.0 Å². The van der Waals surface area contributed by atoms with Gasteiger partial charge in [0.05, 0.1) is 58.4 Å². The Labute approximate surface area is 354 Å². The third kappa shape index (κ3) is 12.3. The van der Waals surface area contributed by atoms with Crippen molar-refractivity contribution >= 4 is 5.97 Å². The van der Waals surface area contributed by atoms with Crippen LogP contribution in [0.3, 0.4) is 0 Å².